The second-order valence-corrected chi connectivity index (χ2v) is 6.67. The average Bonchev–Trinajstić information content (AvgIpc) is 2.69. The molecule has 0 radical (unpaired) electrons. The van der Waals surface area contributed by atoms with Gasteiger partial charge < -0.3 is 15.5 Å². The van der Waals surface area contributed by atoms with Crippen LogP contribution in [-0.2, 0) is 0 Å². The van der Waals surface area contributed by atoms with Crippen LogP contribution in [0.5, 0.6) is 0 Å². The largest absolute Gasteiger partial charge is 0.349 e. The first-order valence-electron chi connectivity index (χ1n) is 9.06. The molecule has 1 aliphatic rings. The van der Waals surface area contributed by atoms with Crippen LogP contribution in [0.15, 0.2) is 54.6 Å². The zero-order valence-corrected chi connectivity index (χ0v) is 15.3. The molecule has 27 heavy (non-hydrogen) atoms. The highest BCUT2D eigenvalue weighted by molar-refractivity contribution is 5.97. The number of amides is 3. The third-order valence-corrected chi connectivity index (χ3v) is 4.67. The molecule has 2 aromatic carbocycles. The maximum atomic E-state index is 12.4. The Hall–Kier alpha value is -3.15. The lowest BCUT2D eigenvalue weighted by Gasteiger charge is -2.32. The Bertz CT molecular complexity index is 828. The minimum Gasteiger partial charge on any atom is -0.349 e. The van der Waals surface area contributed by atoms with Crippen molar-refractivity contribution in [3.8, 4) is 0 Å². The predicted octanol–water partition coefficient (Wildman–Crippen LogP) is 3.32. The summed E-state index contributed by atoms with van der Waals surface area (Å²) in [6.07, 6.45) is 1.42. The van der Waals surface area contributed by atoms with E-state index < -0.39 is 0 Å². The Morgan fingerprint density at radius 2 is 1.59 bits per heavy atom. The van der Waals surface area contributed by atoms with Crippen LogP contribution in [0.4, 0.5) is 10.5 Å². The van der Waals surface area contributed by atoms with Crippen LogP contribution in [0.1, 0.15) is 40.5 Å². The fraction of sp³-hybridized carbons (Fsp3) is 0.286. The number of piperidine rings is 1. The van der Waals surface area contributed by atoms with Gasteiger partial charge in [0, 0.05) is 35.9 Å². The van der Waals surface area contributed by atoms with Gasteiger partial charge in [-0.2, -0.15) is 0 Å². The van der Waals surface area contributed by atoms with E-state index >= 15 is 0 Å². The van der Waals surface area contributed by atoms with Crippen molar-refractivity contribution < 1.29 is 14.4 Å². The summed E-state index contributed by atoms with van der Waals surface area (Å²) in [6.45, 7) is 2.63. The van der Waals surface area contributed by atoms with Gasteiger partial charge in [0.15, 0.2) is 5.78 Å². The third kappa shape index (κ3) is 4.94. The molecule has 0 aromatic heterocycles. The molecule has 0 atom stereocenters. The molecular weight excluding hydrogens is 342 g/mol. The SMILES string of the molecule is CC(=O)c1cccc(NC(=O)N2CCC(NC(=O)c3ccccc3)CC2)c1. The summed E-state index contributed by atoms with van der Waals surface area (Å²) in [5.74, 6) is -0.124. The maximum Gasteiger partial charge on any atom is 0.321 e. The highest BCUT2D eigenvalue weighted by Crippen LogP contribution is 2.15. The molecule has 1 saturated heterocycles. The van der Waals surface area contributed by atoms with Gasteiger partial charge in [-0.05, 0) is 44.0 Å². The molecule has 140 valence electrons. The second-order valence-electron chi connectivity index (χ2n) is 6.67. The monoisotopic (exact) mass is 365 g/mol. The topological polar surface area (TPSA) is 78.5 Å². The molecule has 2 aromatic rings. The minimum absolute atomic E-state index is 0.0407. The lowest BCUT2D eigenvalue weighted by atomic mass is 10.0. The maximum absolute atomic E-state index is 12.4. The molecule has 1 fully saturated rings. The first kappa shape index (κ1) is 18.6. The van der Waals surface area contributed by atoms with Gasteiger partial charge in [-0.25, -0.2) is 4.79 Å². The number of hydrogen-bond donors (Lipinski definition) is 2. The molecule has 1 heterocycles. The molecule has 2 N–H and O–H groups in total. The Labute approximate surface area is 158 Å². The molecule has 0 aliphatic carbocycles. The highest BCUT2D eigenvalue weighted by atomic mass is 16.2. The van der Waals surface area contributed by atoms with Gasteiger partial charge in [0.25, 0.3) is 5.91 Å². The normalized spacial score (nSPS) is 14.5. The molecule has 0 saturated carbocycles. The molecule has 1 aliphatic heterocycles. The number of nitrogens with zero attached hydrogens (tertiary/aromatic N) is 1. The summed E-state index contributed by atoms with van der Waals surface area (Å²) in [5, 5.41) is 5.87. The number of likely N-dealkylation sites (tertiary alicyclic amines) is 1. The van der Waals surface area contributed by atoms with Crippen molar-refractivity contribution in [3.05, 3.63) is 65.7 Å². The van der Waals surface area contributed by atoms with Crippen LogP contribution in [0.3, 0.4) is 0 Å². The molecule has 0 bridgehead atoms. The van der Waals surface area contributed by atoms with Crippen molar-refractivity contribution in [1.29, 1.82) is 0 Å². The van der Waals surface area contributed by atoms with Crippen LogP contribution < -0.4 is 10.6 Å². The van der Waals surface area contributed by atoms with Crippen molar-refractivity contribution in [1.82, 2.24) is 10.2 Å². The van der Waals surface area contributed by atoms with E-state index in [1.807, 2.05) is 18.2 Å². The van der Waals surface area contributed by atoms with E-state index in [-0.39, 0.29) is 23.8 Å². The van der Waals surface area contributed by atoms with Gasteiger partial charge in [-0.3, -0.25) is 9.59 Å². The van der Waals surface area contributed by atoms with Crippen LogP contribution in [0, 0.1) is 0 Å². The van der Waals surface area contributed by atoms with Crippen molar-refractivity contribution in [3.63, 3.8) is 0 Å². The van der Waals surface area contributed by atoms with E-state index in [2.05, 4.69) is 10.6 Å². The molecule has 0 unspecified atom stereocenters. The van der Waals surface area contributed by atoms with E-state index in [1.165, 1.54) is 6.92 Å². The van der Waals surface area contributed by atoms with E-state index in [0.717, 1.165) is 0 Å². The number of carbonyl (C=O) groups excluding carboxylic acids is 3. The minimum atomic E-state index is -0.191. The van der Waals surface area contributed by atoms with E-state index in [4.69, 9.17) is 0 Å². The number of benzene rings is 2. The average molecular weight is 365 g/mol. The van der Waals surface area contributed by atoms with Gasteiger partial charge in [-0.15, -0.1) is 0 Å². The fourth-order valence-corrected chi connectivity index (χ4v) is 3.10. The smallest absolute Gasteiger partial charge is 0.321 e. The first-order valence-corrected chi connectivity index (χ1v) is 9.06. The van der Waals surface area contributed by atoms with Crippen LogP contribution >= 0.6 is 0 Å². The van der Waals surface area contributed by atoms with E-state index in [1.54, 1.807) is 41.3 Å². The summed E-state index contributed by atoms with van der Waals surface area (Å²) in [4.78, 5) is 37.8. The molecular formula is C21H23N3O3. The fourth-order valence-electron chi connectivity index (χ4n) is 3.10. The van der Waals surface area contributed by atoms with Crippen molar-refractivity contribution in [2.45, 2.75) is 25.8 Å². The third-order valence-electron chi connectivity index (χ3n) is 4.67. The van der Waals surface area contributed by atoms with Crippen molar-refractivity contribution >= 4 is 23.4 Å². The van der Waals surface area contributed by atoms with Gasteiger partial charge in [0.1, 0.15) is 0 Å². The number of ketones is 1. The van der Waals surface area contributed by atoms with Crippen LogP contribution in [0.2, 0.25) is 0 Å². The van der Waals surface area contributed by atoms with Crippen LogP contribution in [0.25, 0.3) is 0 Å². The summed E-state index contributed by atoms with van der Waals surface area (Å²) in [7, 11) is 0. The Morgan fingerprint density at radius 1 is 0.926 bits per heavy atom. The molecule has 3 amide bonds. The van der Waals surface area contributed by atoms with Gasteiger partial charge >= 0.3 is 6.03 Å². The molecule has 6 heteroatoms. The first-order chi connectivity index (χ1) is 13.0. The zero-order chi connectivity index (χ0) is 19.2. The predicted molar refractivity (Wildman–Crippen MR) is 104 cm³/mol. The highest BCUT2D eigenvalue weighted by Gasteiger charge is 2.24. The lowest BCUT2D eigenvalue weighted by molar-refractivity contribution is 0.0918. The number of carbonyl (C=O) groups is 3. The molecule has 0 spiro atoms. The zero-order valence-electron chi connectivity index (χ0n) is 15.3. The standard InChI is InChI=1S/C21H23N3O3/c1-15(25)17-8-5-9-19(14-17)23-21(27)24-12-10-18(11-13-24)22-20(26)16-6-3-2-4-7-16/h2-9,14,18H,10-13H2,1H3,(H,22,26)(H,23,27). The number of nitrogens with one attached hydrogen (secondary N) is 2. The van der Waals surface area contributed by atoms with Crippen molar-refractivity contribution in [2.75, 3.05) is 18.4 Å². The quantitative estimate of drug-likeness (QED) is 0.816. The number of anilines is 1. The summed E-state index contributed by atoms with van der Waals surface area (Å²) in [5.41, 5.74) is 1.81. The van der Waals surface area contributed by atoms with E-state index in [9.17, 15) is 14.4 Å². The van der Waals surface area contributed by atoms with E-state index in [0.29, 0.717) is 42.7 Å². The van der Waals surface area contributed by atoms with Crippen molar-refractivity contribution in [2.24, 2.45) is 0 Å². The van der Waals surface area contributed by atoms with Crippen LogP contribution in [-0.4, -0.2) is 41.8 Å². The molecule has 6 nitrogen and oxygen atoms in total. The Kier molecular flexibility index (Phi) is 5.86. The summed E-state index contributed by atoms with van der Waals surface area (Å²) in [6, 6.07) is 15.9. The Balaban J connectivity index is 1.50. The number of hydrogen-bond acceptors (Lipinski definition) is 3. The summed E-state index contributed by atoms with van der Waals surface area (Å²) >= 11 is 0. The number of rotatable bonds is 4. The number of urea groups is 1. The van der Waals surface area contributed by atoms with Gasteiger partial charge in [0.2, 0.25) is 0 Å². The summed E-state index contributed by atoms with van der Waals surface area (Å²) < 4.78 is 0. The number of Topliss-reactive ketones (excluding diaryl/α,β-unsaturated/α-hetero) is 1. The van der Waals surface area contributed by atoms with Gasteiger partial charge in [0.05, 0.1) is 0 Å². The lowest BCUT2D eigenvalue weighted by Crippen LogP contribution is -2.47. The molecule has 3 rings (SSSR count). The van der Waals surface area contributed by atoms with Gasteiger partial charge in [-0.1, -0.05) is 30.3 Å². The second kappa shape index (κ2) is 8.49. The Morgan fingerprint density at radius 3 is 2.26 bits per heavy atom.